The standard InChI is InChI=1S/C19H15N5O/c25-19(24-14-4-2-1-3-5-14)13-6-8-15(9-7-13)23-18-16-10-11-20-17(16)21-12-22-18/h1-12H,(H,24,25)(H2,20,21,22,23). The maximum atomic E-state index is 12.3. The molecule has 0 fully saturated rings. The molecule has 2 aromatic heterocycles. The van der Waals surface area contributed by atoms with Gasteiger partial charge in [-0.25, -0.2) is 9.97 Å². The fourth-order valence-electron chi connectivity index (χ4n) is 2.54. The van der Waals surface area contributed by atoms with E-state index in [1.807, 2.05) is 54.7 Å². The van der Waals surface area contributed by atoms with Gasteiger partial charge in [-0.15, -0.1) is 0 Å². The van der Waals surface area contributed by atoms with Gasteiger partial charge in [-0.3, -0.25) is 4.79 Å². The lowest BCUT2D eigenvalue weighted by atomic mass is 10.2. The van der Waals surface area contributed by atoms with Gasteiger partial charge in [-0.2, -0.15) is 0 Å². The van der Waals surface area contributed by atoms with Crippen molar-refractivity contribution >= 4 is 34.1 Å². The predicted octanol–water partition coefficient (Wildman–Crippen LogP) is 3.95. The predicted molar refractivity (Wildman–Crippen MR) is 98.0 cm³/mol. The zero-order valence-electron chi connectivity index (χ0n) is 13.2. The number of para-hydroxylation sites is 1. The van der Waals surface area contributed by atoms with Crippen molar-refractivity contribution in [1.82, 2.24) is 15.0 Å². The van der Waals surface area contributed by atoms with E-state index >= 15 is 0 Å². The number of carbonyl (C=O) groups excluding carboxylic acids is 1. The number of nitrogens with zero attached hydrogens (tertiary/aromatic N) is 2. The van der Waals surface area contributed by atoms with Crippen molar-refractivity contribution in [3.05, 3.63) is 78.8 Å². The Bertz CT molecular complexity index is 1010. The van der Waals surface area contributed by atoms with E-state index in [4.69, 9.17) is 0 Å². The molecule has 4 aromatic rings. The zero-order chi connectivity index (χ0) is 17.1. The molecule has 1 amide bonds. The highest BCUT2D eigenvalue weighted by Crippen LogP contribution is 2.22. The number of H-pyrrole nitrogens is 1. The summed E-state index contributed by atoms with van der Waals surface area (Å²) in [5.41, 5.74) is 2.98. The molecule has 2 heterocycles. The lowest BCUT2D eigenvalue weighted by molar-refractivity contribution is 0.102. The van der Waals surface area contributed by atoms with Crippen molar-refractivity contribution < 1.29 is 4.79 Å². The normalized spacial score (nSPS) is 10.6. The minimum Gasteiger partial charge on any atom is -0.346 e. The molecular weight excluding hydrogens is 314 g/mol. The molecule has 6 nitrogen and oxygen atoms in total. The number of nitrogens with one attached hydrogen (secondary N) is 3. The summed E-state index contributed by atoms with van der Waals surface area (Å²) in [7, 11) is 0. The second-order valence-electron chi connectivity index (χ2n) is 5.48. The summed E-state index contributed by atoms with van der Waals surface area (Å²) in [4.78, 5) is 23.7. The minimum atomic E-state index is -0.146. The van der Waals surface area contributed by atoms with Crippen molar-refractivity contribution in [1.29, 1.82) is 0 Å². The fourth-order valence-corrected chi connectivity index (χ4v) is 2.54. The van der Waals surface area contributed by atoms with Crippen LogP contribution in [0.5, 0.6) is 0 Å². The molecule has 0 aliphatic rings. The van der Waals surface area contributed by atoms with Gasteiger partial charge in [0.05, 0.1) is 5.39 Å². The molecule has 0 saturated carbocycles. The van der Waals surface area contributed by atoms with Crippen LogP contribution in [0.25, 0.3) is 11.0 Å². The average Bonchev–Trinajstić information content (AvgIpc) is 3.13. The van der Waals surface area contributed by atoms with Crippen LogP contribution in [0.15, 0.2) is 73.2 Å². The lowest BCUT2D eigenvalue weighted by Crippen LogP contribution is -2.11. The summed E-state index contributed by atoms with van der Waals surface area (Å²) in [5, 5.41) is 7.02. The van der Waals surface area contributed by atoms with Crippen molar-refractivity contribution in [2.24, 2.45) is 0 Å². The molecule has 0 aliphatic heterocycles. The van der Waals surface area contributed by atoms with Gasteiger partial charge in [0.2, 0.25) is 0 Å². The molecule has 122 valence electrons. The van der Waals surface area contributed by atoms with E-state index in [0.717, 1.165) is 22.4 Å². The number of fused-ring (bicyclic) bond motifs is 1. The third kappa shape index (κ3) is 3.18. The molecule has 0 saturated heterocycles. The molecule has 0 spiro atoms. The SMILES string of the molecule is O=C(Nc1ccccc1)c1ccc(Nc2ncnc3[nH]ccc23)cc1. The highest BCUT2D eigenvalue weighted by Gasteiger charge is 2.07. The second-order valence-corrected chi connectivity index (χ2v) is 5.48. The maximum Gasteiger partial charge on any atom is 0.255 e. The Kier molecular flexibility index (Phi) is 3.84. The van der Waals surface area contributed by atoms with Gasteiger partial charge in [0.15, 0.2) is 0 Å². The van der Waals surface area contributed by atoms with E-state index in [2.05, 4.69) is 25.6 Å². The average molecular weight is 329 g/mol. The van der Waals surface area contributed by atoms with Crippen LogP contribution in [0.2, 0.25) is 0 Å². The number of anilines is 3. The van der Waals surface area contributed by atoms with Crippen molar-refractivity contribution in [2.45, 2.75) is 0 Å². The Morgan fingerprint density at radius 2 is 1.68 bits per heavy atom. The number of rotatable bonds is 4. The van der Waals surface area contributed by atoms with E-state index in [1.54, 1.807) is 12.1 Å². The Morgan fingerprint density at radius 3 is 2.48 bits per heavy atom. The summed E-state index contributed by atoms with van der Waals surface area (Å²) >= 11 is 0. The summed E-state index contributed by atoms with van der Waals surface area (Å²) in [6, 6.07) is 18.5. The summed E-state index contributed by atoms with van der Waals surface area (Å²) in [6.45, 7) is 0. The summed E-state index contributed by atoms with van der Waals surface area (Å²) in [5.74, 6) is 0.570. The Balaban J connectivity index is 1.50. The smallest absolute Gasteiger partial charge is 0.255 e. The zero-order valence-corrected chi connectivity index (χ0v) is 13.2. The number of hydrogen-bond acceptors (Lipinski definition) is 4. The first-order valence-electron chi connectivity index (χ1n) is 7.81. The van der Waals surface area contributed by atoms with Crippen molar-refractivity contribution in [3.8, 4) is 0 Å². The fraction of sp³-hybridized carbons (Fsp3) is 0. The van der Waals surface area contributed by atoms with Crippen LogP contribution >= 0.6 is 0 Å². The van der Waals surface area contributed by atoms with Crippen LogP contribution in [0.3, 0.4) is 0 Å². The maximum absolute atomic E-state index is 12.3. The number of aromatic amines is 1. The van der Waals surface area contributed by atoms with E-state index in [0.29, 0.717) is 11.4 Å². The van der Waals surface area contributed by atoms with Gasteiger partial charge in [0.25, 0.3) is 5.91 Å². The molecule has 0 radical (unpaired) electrons. The molecule has 2 aromatic carbocycles. The molecular formula is C19H15N5O. The largest absolute Gasteiger partial charge is 0.346 e. The van der Waals surface area contributed by atoms with Gasteiger partial charge in [-0.1, -0.05) is 18.2 Å². The van der Waals surface area contributed by atoms with E-state index < -0.39 is 0 Å². The van der Waals surface area contributed by atoms with Crippen LogP contribution in [0, 0.1) is 0 Å². The van der Waals surface area contributed by atoms with Crippen LogP contribution < -0.4 is 10.6 Å². The highest BCUT2D eigenvalue weighted by molar-refractivity contribution is 6.04. The first-order valence-corrected chi connectivity index (χ1v) is 7.81. The van der Waals surface area contributed by atoms with Crippen molar-refractivity contribution in [3.63, 3.8) is 0 Å². The number of carbonyl (C=O) groups is 1. The topological polar surface area (TPSA) is 82.7 Å². The quantitative estimate of drug-likeness (QED) is 0.529. The van der Waals surface area contributed by atoms with Gasteiger partial charge in [0, 0.05) is 23.1 Å². The van der Waals surface area contributed by atoms with Crippen LogP contribution in [0.1, 0.15) is 10.4 Å². The first kappa shape index (κ1) is 14.9. The number of hydrogen-bond donors (Lipinski definition) is 3. The van der Waals surface area contributed by atoms with E-state index in [1.165, 1.54) is 6.33 Å². The van der Waals surface area contributed by atoms with Crippen LogP contribution in [0.4, 0.5) is 17.2 Å². The van der Waals surface area contributed by atoms with E-state index in [9.17, 15) is 4.79 Å². The van der Waals surface area contributed by atoms with Crippen LogP contribution in [-0.4, -0.2) is 20.9 Å². The number of aromatic nitrogens is 3. The lowest BCUT2D eigenvalue weighted by Gasteiger charge is -2.08. The molecule has 0 aliphatic carbocycles. The van der Waals surface area contributed by atoms with E-state index in [-0.39, 0.29) is 5.91 Å². The van der Waals surface area contributed by atoms with Crippen molar-refractivity contribution in [2.75, 3.05) is 10.6 Å². The third-order valence-corrected chi connectivity index (χ3v) is 3.80. The molecule has 0 atom stereocenters. The molecule has 3 N–H and O–H groups in total. The molecule has 0 bridgehead atoms. The summed E-state index contributed by atoms with van der Waals surface area (Å²) < 4.78 is 0. The number of benzene rings is 2. The highest BCUT2D eigenvalue weighted by atomic mass is 16.1. The number of amides is 1. The Labute approximate surface area is 144 Å². The van der Waals surface area contributed by atoms with Crippen LogP contribution in [-0.2, 0) is 0 Å². The molecule has 0 unspecified atom stereocenters. The van der Waals surface area contributed by atoms with Gasteiger partial charge in [0.1, 0.15) is 17.8 Å². The summed E-state index contributed by atoms with van der Waals surface area (Å²) in [6.07, 6.45) is 3.32. The first-order chi connectivity index (χ1) is 12.3. The second kappa shape index (κ2) is 6.45. The Hall–Kier alpha value is -3.67. The molecule has 4 rings (SSSR count). The van der Waals surface area contributed by atoms with Gasteiger partial charge >= 0.3 is 0 Å². The minimum absolute atomic E-state index is 0.146. The monoisotopic (exact) mass is 329 g/mol. The third-order valence-electron chi connectivity index (χ3n) is 3.80. The molecule has 25 heavy (non-hydrogen) atoms. The molecule has 6 heteroatoms. The Morgan fingerprint density at radius 1 is 0.880 bits per heavy atom. The van der Waals surface area contributed by atoms with Gasteiger partial charge in [-0.05, 0) is 42.5 Å². The van der Waals surface area contributed by atoms with Gasteiger partial charge < -0.3 is 15.6 Å².